The van der Waals surface area contributed by atoms with Crippen molar-refractivity contribution in [3.8, 4) is 0 Å². The zero-order chi connectivity index (χ0) is 10.9. The lowest BCUT2D eigenvalue weighted by atomic mass is 10.3. The molecule has 0 amide bonds. The first kappa shape index (κ1) is 12.0. The van der Waals surface area contributed by atoms with E-state index in [1.807, 2.05) is 18.3 Å². The van der Waals surface area contributed by atoms with Crippen LogP contribution in [-0.4, -0.2) is 18.1 Å². The molecule has 1 N–H and O–H groups in total. The smallest absolute Gasteiger partial charge is 0.0888 e. The van der Waals surface area contributed by atoms with E-state index < -0.39 is 0 Å². The van der Waals surface area contributed by atoms with Gasteiger partial charge in [-0.1, -0.05) is 13.3 Å². The van der Waals surface area contributed by atoms with Crippen molar-refractivity contribution in [2.45, 2.75) is 33.3 Å². The van der Waals surface area contributed by atoms with Gasteiger partial charge < -0.3 is 10.1 Å². The number of anilines is 1. The normalized spacial score (nSPS) is 10.3. The number of nitrogens with one attached hydrogen (secondary N) is 1. The summed E-state index contributed by atoms with van der Waals surface area (Å²) >= 11 is 0. The summed E-state index contributed by atoms with van der Waals surface area (Å²) in [7, 11) is 0. The Morgan fingerprint density at radius 1 is 1.40 bits per heavy atom. The van der Waals surface area contributed by atoms with Gasteiger partial charge in [0.05, 0.1) is 12.3 Å². The van der Waals surface area contributed by atoms with Crippen LogP contribution in [0.5, 0.6) is 0 Å². The maximum Gasteiger partial charge on any atom is 0.0888 e. The molecule has 0 saturated heterocycles. The molecule has 0 atom stereocenters. The zero-order valence-electron chi connectivity index (χ0n) is 9.62. The minimum atomic E-state index is 0.610. The molecule has 0 aliphatic carbocycles. The minimum absolute atomic E-state index is 0.610. The summed E-state index contributed by atoms with van der Waals surface area (Å²) < 4.78 is 5.50. The van der Waals surface area contributed by atoms with Crippen LogP contribution in [-0.2, 0) is 11.3 Å². The highest BCUT2D eigenvalue weighted by molar-refractivity contribution is 5.42. The lowest BCUT2D eigenvalue weighted by molar-refractivity contribution is 0.115. The number of aromatic nitrogens is 1. The van der Waals surface area contributed by atoms with Crippen LogP contribution in [0.1, 0.15) is 32.4 Å². The molecule has 84 valence electrons. The highest BCUT2D eigenvalue weighted by Gasteiger charge is 1.96. The van der Waals surface area contributed by atoms with Crippen LogP contribution < -0.4 is 5.32 Å². The molecule has 0 saturated carbocycles. The molecule has 0 radical (unpaired) electrons. The van der Waals surface area contributed by atoms with Gasteiger partial charge in [-0.3, -0.25) is 4.98 Å². The SMILES string of the molecule is CCCCOCc1cc(NCC)ccn1. The molecule has 0 unspecified atom stereocenters. The third-order valence-corrected chi connectivity index (χ3v) is 2.09. The van der Waals surface area contributed by atoms with Gasteiger partial charge in [0, 0.05) is 25.0 Å². The maximum absolute atomic E-state index is 5.50. The number of pyridine rings is 1. The zero-order valence-corrected chi connectivity index (χ0v) is 9.62. The molecule has 0 aromatic carbocycles. The molecule has 15 heavy (non-hydrogen) atoms. The fourth-order valence-electron chi connectivity index (χ4n) is 1.29. The van der Waals surface area contributed by atoms with Crippen LogP contribution >= 0.6 is 0 Å². The molecular weight excluding hydrogens is 188 g/mol. The fraction of sp³-hybridized carbons (Fsp3) is 0.583. The summed E-state index contributed by atoms with van der Waals surface area (Å²) in [5, 5.41) is 3.25. The molecule has 1 heterocycles. The number of ether oxygens (including phenoxy) is 1. The van der Waals surface area contributed by atoms with E-state index in [2.05, 4.69) is 24.1 Å². The number of unbranched alkanes of at least 4 members (excludes halogenated alkanes) is 1. The van der Waals surface area contributed by atoms with Crippen molar-refractivity contribution in [1.29, 1.82) is 0 Å². The van der Waals surface area contributed by atoms with Gasteiger partial charge in [0.2, 0.25) is 0 Å². The van der Waals surface area contributed by atoms with Crippen LogP contribution in [0.15, 0.2) is 18.3 Å². The van der Waals surface area contributed by atoms with E-state index in [0.29, 0.717) is 6.61 Å². The highest BCUT2D eigenvalue weighted by atomic mass is 16.5. The molecule has 0 spiro atoms. The van der Waals surface area contributed by atoms with Gasteiger partial charge in [-0.2, -0.15) is 0 Å². The van der Waals surface area contributed by atoms with Crippen LogP contribution in [0.2, 0.25) is 0 Å². The Morgan fingerprint density at radius 2 is 2.27 bits per heavy atom. The third kappa shape index (κ3) is 4.79. The highest BCUT2D eigenvalue weighted by Crippen LogP contribution is 2.08. The Bertz CT molecular complexity index is 276. The van der Waals surface area contributed by atoms with Crippen molar-refractivity contribution in [1.82, 2.24) is 4.98 Å². The van der Waals surface area contributed by atoms with Crippen molar-refractivity contribution in [3.05, 3.63) is 24.0 Å². The van der Waals surface area contributed by atoms with Gasteiger partial charge in [0.1, 0.15) is 0 Å². The van der Waals surface area contributed by atoms with Crippen molar-refractivity contribution in [3.63, 3.8) is 0 Å². The van der Waals surface area contributed by atoms with Crippen LogP contribution in [0.25, 0.3) is 0 Å². The molecular formula is C12H20N2O. The van der Waals surface area contributed by atoms with Crippen molar-refractivity contribution < 1.29 is 4.74 Å². The Morgan fingerprint density at radius 3 is 3.00 bits per heavy atom. The molecule has 1 rings (SSSR count). The predicted molar refractivity (Wildman–Crippen MR) is 63.0 cm³/mol. The summed E-state index contributed by atoms with van der Waals surface area (Å²) in [6, 6.07) is 4.01. The summed E-state index contributed by atoms with van der Waals surface area (Å²) in [4.78, 5) is 4.25. The monoisotopic (exact) mass is 208 g/mol. The minimum Gasteiger partial charge on any atom is -0.385 e. The quantitative estimate of drug-likeness (QED) is 0.700. The Hall–Kier alpha value is -1.09. The van der Waals surface area contributed by atoms with Crippen molar-refractivity contribution in [2.24, 2.45) is 0 Å². The second-order valence-electron chi connectivity index (χ2n) is 3.47. The van der Waals surface area contributed by atoms with E-state index in [-0.39, 0.29) is 0 Å². The van der Waals surface area contributed by atoms with E-state index in [0.717, 1.165) is 31.0 Å². The number of rotatable bonds is 7. The van der Waals surface area contributed by atoms with Gasteiger partial charge >= 0.3 is 0 Å². The van der Waals surface area contributed by atoms with E-state index in [1.54, 1.807) is 0 Å². The average Bonchev–Trinajstić information content (AvgIpc) is 2.26. The lowest BCUT2D eigenvalue weighted by Crippen LogP contribution is -2.00. The molecule has 0 bridgehead atoms. The predicted octanol–water partition coefficient (Wildman–Crippen LogP) is 2.83. The first-order valence-electron chi connectivity index (χ1n) is 5.63. The second-order valence-corrected chi connectivity index (χ2v) is 3.47. The van der Waals surface area contributed by atoms with Crippen molar-refractivity contribution >= 4 is 5.69 Å². The lowest BCUT2D eigenvalue weighted by Gasteiger charge is -2.06. The topological polar surface area (TPSA) is 34.1 Å². The van der Waals surface area contributed by atoms with E-state index in [1.165, 1.54) is 6.42 Å². The molecule has 0 fully saturated rings. The molecule has 0 aliphatic heterocycles. The summed E-state index contributed by atoms with van der Waals surface area (Å²) in [5.74, 6) is 0. The largest absolute Gasteiger partial charge is 0.385 e. The van der Waals surface area contributed by atoms with Gasteiger partial charge in [-0.05, 0) is 25.5 Å². The summed E-state index contributed by atoms with van der Waals surface area (Å²) in [6.07, 6.45) is 4.11. The Labute approximate surface area is 91.9 Å². The van der Waals surface area contributed by atoms with Crippen LogP contribution in [0.3, 0.4) is 0 Å². The van der Waals surface area contributed by atoms with E-state index in [4.69, 9.17) is 4.74 Å². The standard InChI is InChI=1S/C12H20N2O/c1-3-5-8-15-10-12-9-11(13-4-2)6-7-14-12/h6-7,9H,3-5,8,10H2,1-2H3,(H,13,14). The first-order valence-corrected chi connectivity index (χ1v) is 5.63. The maximum atomic E-state index is 5.50. The average molecular weight is 208 g/mol. The fourth-order valence-corrected chi connectivity index (χ4v) is 1.29. The number of hydrogen-bond donors (Lipinski definition) is 1. The molecule has 0 aliphatic rings. The molecule has 1 aromatic heterocycles. The third-order valence-electron chi connectivity index (χ3n) is 2.09. The molecule has 3 heteroatoms. The Kier molecular flexibility index (Phi) is 5.78. The number of nitrogens with zero attached hydrogens (tertiary/aromatic N) is 1. The van der Waals surface area contributed by atoms with E-state index >= 15 is 0 Å². The first-order chi connectivity index (χ1) is 7.36. The number of hydrogen-bond acceptors (Lipinski definition) is 3. The van der Waals surface area contributed by atoms with Crippen LogP contribution in [0.4, 0.5) is 5.69 Å². The van der Waals surface area contributed by atoms with Gasteiger partial charge in [0.15, 0.2) is 0 Å². The van der Waals surface area contributed by atoms with Gasteiger partial charge in [-0.25, -0.2) is 0 Å². The van der Waals surface area contributed by atoms with Crippen LogP contribution in [0, 0.1) is 0 Å². The van der Waals surface area contributed by atoms with E-state index in [9.17, 15) is 0 Å². The second kappa shape index (κ2) is 7.23. The summed E-state index contributed by atoms with van der Waals surface area (Å²) in [6.45, 7) is 6.61. The van der Waals surface area contributed by atoms with Gasteiger partial charge in [0.25, 0.3) is 0 Å². The molecule has 1 aromatic rings. The van der Waals surface area contributed by atoms with Crippen molar-refractivity contribution in [2.75, 3.05) is 18.5 Å². The molecule has 3 nitrogen and oxygen atoms in total. The van der Waals surface area contributed by atoms with Gasteiger partial charge in [-0.15, -0.1) is 0 Å². The Balaban J connectivity index is 2.36. The summed E-state index contributed by atoms with van der Waals surface area (Å²) in [5.41, 5.74) is 2.10.